The molecule has 1 amide bonds. The van der Waals surface area contributed by atoms with Crippen LogP contribution in [0.2, 0.25) is 0 Å². The molecule has 2 aromatic rings. The number of halogens is 1. The fraction of sp³-hybridized carbons (Fsp3) is 0.500. The number of rotatable bonds is 6. The molecule has 6 unspecified atom stereocenters. The van der Waals surface area contributed by atoms with Gasteiger partial charge in [-0.3, -0.25) is 4.79 Å². The lowest BCUT2D eigenvalue weighted by atomic mass is 9.59. The van der Waals surface area contributed by atoms with Gasteiger partial charge in [0.1, 0.15) is 36.9 Å². The number of sulfonamides is 1. The summed E-state index contributed by atoms with van der Waals surface area (Å²) >= 11 is 1.10. The van der Waals surface area contributed by atoms with Gasteiger partial charge in [0.05, 0.1) is 5.75 Å². The molecule has 0 saturated heterocycles. The number of aliphatic hydroxyl groups is 1. The lowest BCUT2D eigenvalue weighted by Gasteiger charge is -2.54. The van der Waals surface area contributed by atoms with Gasteiger partial charge in [0.25, 0.3) is 15.9 Å². The highest BCUT2D eigenvalue weighted by molar-refractivity contribution is 7.91. The van der Waals surface area contributed by atoms with Crippen molar-refractivity contribution in [2.75, 3.05) is 17.3 Å². The minimum Gasteiger partial charge on any atom is -0.511 e. The molecule has 6 aliphatic carbocycles. The molecule has 2 bridgehead atoms. The molecule has 41 heavy (non-hydrogen) atoms. The number of anilines is 1. The van der Waals surface area contributed by atoms with Crippen molar-refractivity contribution in [3.8, 4) is 0 Å². The van der Waals surface area contributed by atoms with Crippen molar-refractivity contribution in [2.45, 2.75) is 23.9 Å². The lowest BCUT2D eigenvalue weighted by Crippen LogP contribution is -2.61. The Kier molecular flexibility index (Phi) is 4.59. The number of sulfone groups is 1. The molecule has 2 N–H and O–H groups in total. The van der Waals surface area contributed by atoms with Crippen molar-refractivity contribution < 1.29 is 31.1 Å². The van der Waals surface area contributed by atoms with Gasteiger partial charge in [0.2, 0.25) is 0 Å². The molecule has 0 radical (unpaired) electrons. The van der Waals surface area contributed by atoms with E-state index in [1.165, 1.54) is 12.1 Å². The monoisotopic (exact) mass is 615 g/mol. The Bertz CT molecular complexity index is 1840. The van der Waals surface area contributed by atoms with E-state index in [2.05, 4.69) is 9.71 Å². The molecule has 9 nitrogen and oxygen atoms in total. The van der Waals surface area contributed by atoms with Gasteiger partial charge in [0, 0.05) is 24.8 Å². The number of hydrogen-bond acceptors (Lipinski definition) is 8. The highest BCUT2D eigenvalue weighted by atomic mass is 32.2. The van der Waals surface area contributed by atoms with E-state index >= 15 is 0 Å². The van der Waals surface area contributed by atoms with E-state index in [9.17, 15) is 31.1 Å². The minimum absolute atomic E-state index is 0.0228. The van der Waals surface area contributed by atoms with Crippen molar-refractivity contribution in [2.24, 2.45) is 57.7 Å². The van der Waals surface area contributed by atoms with Gasteiger partial charge in [-0.25, -0.2) is 12.8 Å². The number of amidine groups is 1. The molecule has 214 valence electrons. The van der Waals surface area contributed by atoms with E-state index < -0.39 is 25.8 Å². The molecule has 8 aliphatic rings. The molecule has 1 aromatic carbocycles. The van der Waals surface area contributed by atoms with Gasteiger partial charge in [-0.15, -0.1) is 15.7 Å². The lowest BCUT2D eigenvalue weighted by molar-refractivity contribution is -0.141. The molecule has 0 spiro atoms. The van der Waals surface area contributed by atoms with Crippen molar-refractivity contribution in [3.63, 3.8) is 0 Å². The predicted octanol–water partition coefficient (Wildman–Crippen LogP) is 2.82. The number of carbonyl (C=O) groups excluding carboxylic acids is 1. The van der Waals surface area contributed by atoms with Gasteiger partial charge in [0.15, 0.2) is 5.84 Å². The van der Waals surface area contributed by atoms with E-state index in [1.807, 2.05) is 0 Å². The number of aliphatic hydroxyl groups excluding tert-OH is 1. The maximum Gasteiger partial charge on any atom is 0.287 e. The van der Waals surface area contributed by atoms with Crippen LogP contribution in [0, 0.1) is 59.1 Å². The molecule has 8 atom stereocenters. The fourth-order valence-corrected chi connectivity index (χ4v) is 13.1. The van der Waals surface area contributed by atoms with Crippen LogP contribution in [-0.2, 0) is 37.6 Å². The maximum absolute atomic E-state index is 14.3. The normalized spacial score (nSPS) is 39.7. The second kappa shape index (κ2) is 7.59. The van der Waals surface area contributed by atoms with E-state index in [0.717, 1.165) is 23.2 Å². The van der Waals surface area contributed by atoms with Gasteiger partial charge in [-0.05, 0) is 82.4 Å². The first kappa shape index (κ1) is 24.8. The van der Waals surface area contributed by atoms with Crippen molar-refractivity contribution in [1.29, 1.82) is 0 Å². The summed E-state index contributed by atoms with van der Waals surface area (Å²) < 4.78 is 68.0. The Morgan fingerprint density at radius 1 is 1.05 bits per heavy atom. The second-order valence-corrected chi connectivity index (χ2v) is 17.5. The van der Waals surface area contributed by atoms with Crippen LogP contribution in [0.5, 0.6) is 0 Å². The molecule has 2 aliphatic heterocycles. The molecule has 1 aromatic heterocycles. The third-order valence-electron chi connectivity index (χ3n) is 11.0. The number of hydrogen-bond donors (Lipinski definition) is 2. The zero-order chi connectivity index (χ0) is 28.3. The number of fused-ring (bicyclic) bond motifs is 1. The zero-order valence-electron chi connectivity index (χ0n) is 21.8. The van der Waals surface area contributed by atoms with Crippen LogP contribution in [0.25, 0.3) is 0 Å². The minimum atomic E-state index is -4.28. The molecular weight excluding hydrogens is 590 g/mol. The van der Waals surface area contributed by atoms with Crippen LogP contribution in [-0.4, -0.2) is 56.6 Å². The van der Waals surface area contributed by atoms with E-state index in [4.69, 9.17) is 0 Å². The summed E-state index contributed by atoms with van der Waals surface area (Å²) in [6.07, 6.45) is 1.12. The van der Waals surface area contributed by atoms with E-state index in [1.54, 1.807) is 22.4 Å². The highest BCUT2D eigenvalue weighted by Gasteiger charge is 2.92. The Morgan fingerprint density at radius 2 is 1.68 bits per heavy atom. The quantitative estimate of drug-likeness (QED) is 0.511. The fourth-order valence-electron chi connectivity index (χ4n) is 9.87. The third-order valence-corrected chi connectivity index (χ3v) is 14.4. The van der Waals surface area contributed by atoms with Crippen molar-refractivity contribution >= 4 is 47.9 Å². The SMILES string of the molecule is CS(=O)(=O)CCc1csc2c1S(=O)(=O)N=C(C1=C(O)[C@@H]3C4C5C6C7C4C7C(C65)[C@@H]3N(Cc3ccc(F)cc3)C1=O)N2. The third kappa shape index (κ3) is 3.14. The molecule has 3 heterocycles. The molecule has 13 heteroatoms. The average Bonchev–Trinajstić information content (AvgIpc) is 3.68. The standard InChI is InChI=1S/C28H26FN3O6S3/c1-40(35,36)7-6-11-9-39-27-25(11)41(37,38)31-26(30-27)22-24(33)21-19-15-13-14-16(19)18(14)20(17(13)15)23(21)32(28(22)34)8-10-2-4-12(29)5-3-10/h2-5,9,13-21,23,33H,6-8H2,1H3,(H,30,31)/t13?,14?,15?,16?,17?,18?,19?,20?,21-,23+/m1/s1. The maximum atomic E-state index is 14.3. The largest absolute Gasteiger partial charge is 0.511 e. The number of aryl methyl sites for hydroxylation is 1. The van der Waals surface area contributed by atoms with Crippen molar-refractivity contribution in [3.05, 3.63) is 57.9 Å². The molecule has 10 rings (SSSR count). The van der Waals surface area contributed by atoms with Gasteiger partial charge >= 0.3 is 0 Å². The topological polar surface area (TPSA) is 133 Å². The molecular formula is C28H26FN3O6S3. The Morgan fingerprint density at radius 3 is 2.34 bits per heavy atom. The smallest absolute Gasteiger partial charge is 0.287 e. The number of benzene rings is 1. The van der Waals surface area contributed by atoms with Crippen LogP contribution in [0.1, 0.15) is 11.1 Å². The summed E-state index contributed by atoms with van der Waals surface area (Å²) in [5.74, 6) is 2.70. The Hall–Kier alpha value is -2.77. The summed E-state index contributed by atoms with van der Waals surface area (Å²) in [5, 5.41) is 16.7. The zero-order valence-corrected chi connectivity index (χ0v) is 24.2. The van der Waals surface area contributed by atoms with Crippen LogP contribution < -0.4 is 5.32 Å². The summed E-state index contributed by atoms with van der Waals surface area (Å²) in [6, 6.07) is 5.85. The van der Waals surface area contributed by atoms with Crippen molar-refractivity contribution in [1.82, 2.24) is 4.90 Å². The Balaban J connectivity index is 1.13. The number of amides is 1. The molecule has 6 saturated carbocycles. The van der Waals surface area contributed by atoms with E-state index in [0.29, 0.717) is 47.0 Å². The van der Waals surface area contributed by atoms with Gasteiger partial charge in [-0.2, -0.15) is 8.42 Å². The first-order valence-electron chi connectivity index (χ1n) is 13.9. The highest BCUT2D eigenvalue weighted by Crippen LogP contribution is 2.93. The first-order chi connectivity index (χ1) is 19.5. The van der Waals surface area contributed by atoms with Crippen LogP contribution >= 0.6 is 11.3 Å². The number of thiophene rings is 1. The van der Waals surface area contributed by atoms with E-state index in [-0.39, 0.29) is 69.5 Å². The summed E-state index contributed by atoms with van der Waals surface area (Å²) in [4.78, 5) is 16.0. The van der Waals surface area contributed by atoms with Crippen LogP contribution in [0.3, 0.4) is 0 Å². The predicted molar refractivity (Wildman–Crippen MR) is 148 cm³/mol. The summed E-state index contributed by atoms with van der Waals surface area (Å²) in [7, 11) is -7.60. The summed E-state index contributed by atoms with van der Waals surface area (Å²) in [6.45, 7) is 0.226. The Labute approximate surface area is 240 Å². The van der Waals surface area contributed by atoms with Crippen LogP contribution in [0.15, 0.2) is 50.3 Å². The number of carbonyl (C=O) groups is 1. The van der Waals surface area contributed by atoms with Gasteiger partial charge in [-0.1, -0.05) is 12.1 Å². The van der Waals surface area contributed by atoms with Gasteiger partial charge < -0.3 is 15.3 Å². The van der Waals surface area contributed by atoms with Crippen LogP contribution in [0.4, 0.5) is 9.39 Å². The average molecular weight is 616 g/mol. The number of nitrogens with one attached hydrogen (secondary N) is 1. The number of nitrogens with zero attached hydrogens (tertiary/aromatic N) is 2. The summed E-state index contributed by atoms with van der Waals surface area (Å²) in [5.41, 5.74) is 0.990. The second-order valence-electron chi connectivity index (χ2n) is 12.8. The first-order valence-corrected chi connectivity index (χ1v) is 18.2. The molecule has 6 fully saturated rings.